The van der Waals surface area contributed by atoms with Gasteiger partial charge in [-0.15, -0.1) is 0 Å². The molecule has 0 unspecified atom stereocenters. The Morgan fingerprint density at radius 2 is 2.00 bits per heavy atom. The van der Waals surface area contributed by atoms with Gasteiger partial charge in [0.2, 0.25) is 5.91 Å². The minimum Gasteiger partial charge on any atom is -0.354 e. The standard InChI is InChI=1S/C20H23N7O/c28-16-2-6-20(12-27(16)10-15-3-7-21-8-4-15)5-1-9-26(11-20)19-17-18(23-13-22-17)24-14-25-19/h3-4,7-8,13-14H,1-2,5-6,9-12H2,(H,22,23,24,25)/t20-/m0/s1. The second kappa shape index (κ2) is 6.85. The van der Waals surface area contributed by atoms with Gasteiger partial charge in [0, 0.05) is 50.4 Å². The average molecular weight is 377 g/mol. The number of anilines is 1. The van der Waals surface area contributed by atoms with Crippen LogP contribution in [0.15, 0.2) is 37.2 Å². The first-order chi connectivity index (χ1) is 13.7. The van der Waals surface area contributed by atoms with Crippen LogP contribution in [0.4, 0.5) is 5.82 Å². The molecule has 1 spiro atoms. The van der Waals surface area contributed by atoms with Crippen molar-refractivity contribution in [2.45, 2.75) is 32.2 Å². The fraction of sp³-hybridized carbons (Fsp3) is 0.450. The first kappa shape index (κ1) is 17.1. The number of hydrogen-bond acceptors (Lipinski definition) is 6. The maximum atomic E-state index is 12.6. The molecular weight excluding hydrogens is 354 g/mol. The summed E-state index contributed by atoms with van der Waals surface area (Å²) in [6.45, 7) is 3.31. The summed E-state index contributed by atoms with van der Waals surface area (Å²) in [7, 11) is 0. The van der Waals surface area contributed by atoms with E-state index in [1.807, 2.05) is 17.0 Å². The number of imidazole rings is 1. The minimum atomic E-state index is 0.108. The quantitative estimate of drug-likeness (QED) is 0.752. The molecule has 3 aromatic rings. The second-order valence-electron chi connectivity index (χ2n) is 7.93. The number of amides is 1. The van der Waals surface area contributed by atoms with Gasteiger partial charge in [-0.05, 0) is 37.0 Å². The van der Waals surface area contributed by atoms with Gasteiger partial charge in [-0.25, -0.2) is 15.0 Å². The molecule has 28 heavy (non-hydrogen) atoms. The van der Waals surface area contributed by atoms with Crippen molar-refractivity contribution in [1.29, 1.82) is 0 Å². The SMILES string of the molecule is O=C1CC[C@]2(CCCN(c3ncnc4nc[nH]c34)C2)CN1Cc1ccncc1. The first-order valence-electron chi connectivity index (χ1n) is 9.78. The second-order valence-corrected chi connectivity index (χ2v) is 7.93. The van der Waals surface area contributed by atoms with Gasteiger partial charge in [-0.2, -0.15) is 0 Å². The van der Waals surface area contributed by atoms with Crippen molar-refractivity contribution in [3.63, 3.8) is 0 Å². The van der Waals surface area contributed by atoms with Crippen LogP contribution in [0.5, 0.6) is 0 Å². The van der Waals surface area contributed by atoms with Gasteiger partial charge in [0.05, 0.1) is 6.33 Å². The molecule has 1 N–H and O–H groups in total. The Morgan fingerprint density at radius 3 is 2.89 bits per heavy atom. The Hall–Kier alpha value is -3.03. The summed E-state index contributed by atoms with van der Waals surface area (Å²) in [6.07, 6.45) is 10.6. The van der Waals surface area contributed by atoms with Gasteiger partial charge in [-0.3, -0.25) is 9.78 Å². The number of aromatic nitrogens is 5. The molecule has 5 heterocycles. The van der Waals surface area contributed by atoms with E-state index in [0.717, 1.165) is 55.8 Å². The molecule has 3 aromatic heterocycles. The van der Waals surface area contributed by atoms with Gasteiger partial charge < -0.3 is 14.8 Å². The number of hydrogen-bond donors (Lipinski definition) is 1. The van der Waals surface area contributed by atoms with Crippen molar-refractivity contribution in [2.75, 3.05) is 24.5 Å². The van der Waals surface area contributed by atoms with Crippen LogP contribution in [0.2, 0.25) is 0 Å². The highest BCUT2D eigenvalue weighted by atomic mass is 16.2. The third-order valence-electron chi connectivity index (χ3n) is 6.03. The number of aromatic amines is 1. The third-order valence-corrected chi connectivity index (χ3v) is 6.03. The average Bonchev–Trinajstić information content (AvgIpc) is 3.21. The van der Waals surface area contributed by atoms with Crippen molar-refractivity contribution in [1.82, 2.24) is 29.8 Å². The number of pyridine rings is 1. The number of H-pyrrole nitrogens is 1. The molecule has 0 aromatic carbocycles. The molecule has 2 fully saturated rings. The third kappa shape index (κ3) is 3.08. The predicted octanol–water partition coefficient (Wildman–Crippen LogP) is 2.16. The Morgan fingerprint density at radius 1 is 1.11 bits per heavy atom. The van der Waals surface area contributed by atoms with Crippen molar-refractivity contribution < 1.29 is 4.79 Å². The molecule has 8 heteroatoms. The molecule has 5 rings (SSSR count). The Labute approximate surface area is 163 Å². The zero-order chi connectivity index (χ0) is 19.0. The lowest BCUT2D eigenvalue weighted by Crippen LogP contribution is -2.54. The van der Waals surface area contributed by atoms with E-state index in [0.29, 0.717) is 18.6 Å². The van der Waals surface area contributed by atoms with Gasteiger partial charge in [0.25, 0.3) is 0 Å². The van der Waals surface area contributed by atoms with Crippen molar-refractivity contribution in [2.24, 2.45) is 5.41 Å². The summed E-state index contributed by atoms with van der Waals surface area (Å²) >= 11 is 0. The van der Waals surface area contributed by atoms with Gasteiger partial charge in [-0.1, -0.05) is 0 Å². The maximum Gasteiger partial charge on any atom is 0.222 e. The predicted molar refractivity (Wildman–Crippen MR) is 104 cm³/mol. The topological polar surface area (TPSA) is 90.9 Å². The van der Waals surface area contributed by atoms with Crippen LogP contribution in [-0.4, -0.2) is 55.4 Å². The first-order valence-corrected chi connectivity index (χ1v) is 9.78. The number of carbonyl (C=O) groups excluding carboxylic acids is 1. The highest BCUT2D eigenvalue weighted by Crippen LogP contribution is 2.40. The van der Waals surface area contributed by atoms with E-state index in [4.69, 9.17) is 0 Å². The summed E-state index contributed by atoms with van der Waals surface area (Å²) < 4.78 is 0. The van der Waals surface area contributed by atoms with E-state index in [9.17, 15) is 4.79 Å². The minimum absolute atomic E-state index is 0.108. The van der Waals surface area contributed by atoms with Crippen molar-refractivity contribution in [3.05, 3.63) is 42.7 Å². The fourth-order valence-electron chi connectivity index (χ4n) is 4.67. The van der Waals surface area contributed by atoms with Crippen LogP contribution in [0, 0.1) is 5.41 Å². The molecule has 0 saturated carbocycles. The lowest BCUT2D eigenvalue weighted by atomic mass is 9.73. The van der Waals surface area contributed by atoms with E-state index in [2.05, 4.69) is 29.8 Å². The molecule has 1 atom stereocenters. The summed E-state index contributed by atoms with van der Waals surface area (Å²) in [5, 5.41) is 0. The van der Waals surface area contributed by atoms with E-state index in [1.54, 1.807) is 25.0 Å². The van der Waals surface area contributed by atoms with Crippen molar-refractivity contribution >= 4 is 22.9 Å². The smallest absolute Gasteiger partial charge is 0.222 e. The summed E-state index contributed by atoms with van der Waals surface area (Å²) in [5.74, 6) is 1.16. The molecule has 0 aliphatic carbocycles. The largest absolute Gasteiger partial charge is 0.354 e. The van der Waals surface area contributed by atoms with Crippen LogP contribution in [0.1, 0.15) is 31.2 Å². The van der Waals surface area contributed by atoms with Gasteiger partial charge >= 0.3 is 0 Å². The van der Waals surface area contributed by atoms with Crippen LogP contribution < -0.4 is 4.90 Å². The molecule has 2 saturated heterocycles. The van der Waals surface area contributed by atoms with Crippen LogP contribution >= 0.6 is 0 Å². The van der Waals surface area contributed by atoms with Gasteiger partial charge in [0.15, 0.2) is 11.5 Å². The monoisotopic (exact) mass is 377 g/mol. The maximum absolute atomic E-state index is 12.6. The van der Waals surface area contributed by atoms with Gasteiger partial charge in [0.1, 0.15) is 11.8 Å². The van der Waals surface area contributed by atoms with Crippen LogP contribution in [0.3, 0.4) is 0 Å². The number of likely N-dealkylation sites (tertiary alicyclic amines) is 1. The van der Waals surface area contributed by atoms with Crippen LogP contribution in [-0.2, 0) is 11.3 Å². The number of fused-ring (bicyclic) bond motifs is 1. The zero-order valence-corrected chi connectivity index (χ0v) is 15.7. The van der Waals surface area contributed by atoms with E-state index >= 15 is 0 Å². The number of piperidine rings is 2. The van der Waals surface area contributed by atoms with E-state index < -0.39 is 0 Å². The number of rotatable bonds is 3. The Kier molecular flexibility index (Phi) is 4.18. The highest BCUT2D eigenvalue weighted by Gasteiger charge is 2.42. The molecule has 2 aliphatic heterocycles. The molecule has 144 valence electrons. The normalized spacial score (nSPS) is 22.9. The summed E-state index contributed by atoms with van der Waals surface area (Å²) in [5.41, 5.74) is 2.82. The highest BCUT2D eigenvalue weighted by molar-refractivity contribution is 5.83. The molecular formula is C20H23N7O. The molecule has 1 amide bonds. The molecule has 8 nitrogen and oxygen atoms in total. The van der Waals surface area contributed by atoms with E-state index in [-0.39, 0.29) is 11.3 Å². The number of nitrogens with one attached hydrogen (secondary N) is 1. The molecule has 0 bridgehead atoms. The number of nitrogens with zero attached hydrogens (tertiary/aromatic N) is 6. The Bertz CT molecular complexity index is 988. The van der Waals surface area contributed by atoms with Crippen molar-refractivity contribution in [3.8, 4) is 0 Å². The van der Waals surface area contributed by atoms with Crippen LogP contribution in [0.25, 0.3) is 11.2 Å². The zero-order valence-electron chi connectivity index (χ0n) is 15.7. The molecule has 2 aliphatic rings. The lowest BCUT2D eigenvalue weighted by molar-refractivity contribution is -0.138. The molecule has 0 radical (unpaired) electrons. The van der Waals surface area contributed by atoms with E-state index in [1.165, 1.54) is 0 Å². The fourth-order valence-corrected chi connectivity index (χ4v) is 4.67. The Balaban J connectivity index is 1.38. The summed E-state index contributed by atoms with van der Waals surface area (Å²) in [4.78, 5) is 37.2. The lowest BCUT2D eigenvalue weighted by Gasteiger charge is -2.48. The summed E-state index contributed by atoms with van der Waals surface area (Å²) in [6, 6.07) is 3.97. The number of carbonyl (C=O) groups is 1.